The zero-order valence-corrected chi connectivity index (χ0v) is 13.2. The molecule has 1 unspecified atom stereocenters. The number of aryl methyl sites for hydroxylation is 1. The van der Waals surface area contributed by atoms with Crippen LogP contribution in [0.4, 0.5) is 9.93 Å². The minimum absolute atomic E-state index is 0.0503. The number of rotatable bonds is 3. The lowest BCUT2D eigenvalue weighted by Crippen LogP contribution is -2.48. The highest BCUT2D eigenvalue weighted by Crippen LogP contribution is 2.34. The van der Waals surface area contributed by atoms with E-state index in [0.717, 1.165) is 24.4 Å². The van der Waals surface area contributed by atoms with Gasteiger partial charge in [-0.25, -0.2) is 9.78 Å². The molecule has 1 saturated heterocycles. The van der Waals surface area contributed by atoms with Gasteiger partial charge < -0.3 is 10.0 Å². The maximum Gasteiger partial charge on any atom is 0.323 e. The highest BCUT2D eigenvalue weighted by atomic mass is 32.1. The number of carbonyl (C=O) groups excluding carboxylic acids is 1. The van der Waals surface area contributed by atoms with Gasteiger partial charge in [-0.2, -0.15) is 4.37 Å². The maximum absolute atomic E-state index is 12.2. The normalized spacial score (nSPS) is 19.4. The standard InChI is InChI=1S/C13H20N4O3S/c1-8-14-11(21-16-8)15-12(20)17-6-4-5-9(7-17)13(2,3)10(18)19/h9H,4-7H2,1-3H3,(H,18,19)(H,14,15,16,20). The topological polar surface area (TPSA) is 95.4 Å². The number of nitrogens with zero attached hydrogens (tertiary/aromatic N) is 3. The molecule has 0 saturated carbocycles. The number of hydrogen-bond acceptors (Lipinski definition) is 5. The van der Waals surface area contributed by atoms with Crippen LogP contribution in [0.2, 0.25) is 0 Å². The fourth-order valence-corrected chi connectivity index (χ4v) is 3.01. The molecule has 1 aromatic heterocycles. The fraction of sp³-hybridized carbons (Fsp3) is 0.692. The van der Waals surface area contributed by atoms with Crippen LogP contribution in [0.5, 0.6) is 0 Å². The van der Waals surface area contributed by atoms with E-state index < -0.39 is 11.4 Å². The van der Waals surface area contributed by atoms with Crippen LogP contribution < -0.4 is 5.32 Å². The van der Waals surface area contributed by atoms with Crippen LogP contribution in [0.25, 0.3) is 0 Å². The SMILES string of the molecule is Cc1nsc(NC(=O)N2CCCC(C(C)(C)C(=O)O)C2)n1. The molecule has 2 amide bonds. The molecule has 8 heteroatoms. The van der Waals surface area contributed by atoms with E-state index >= 15 is 0 Å². The number of carbonyl (C=O) groups is 2. The van der Waals surface area contributed by atoms with Crippen molar-refractivity contribution in [3.8, 4) is 0 Å². The van der Waals surface area contributed by atoms with Crippen LogP contribution in [0.3, 0.4) is 0 Å². The Bertz CT molecular complexity index is 543. The largest absolute Gasteiger partial charge is 0.481 e. The molecule has 2 rings (SSSR count). The molecule has 1 aromatic rings. The molecule has 1 atom stereocenters. The molecule has 1 aliphatic rings. The molecule has 0 bridgehead atoms. The van der Waals surface area contributed by atoms with E-state index in [9.17, 15) is 14.7 Å². The first-order chi connectivity index (χ1) is 9.80. The summed E-state index contributed by atoms with van der Waals surface area (Å²) < 4.78 is 4.01. The number of hydrogen-bond donors (Lipinski definition) is 2. The van der Waals surface area contributed by atoms with E-state index in [1.807, 2.05) is 0 Å². The predicted octanol–water partition coefficient (Wildman–Crippen LogP) is 2.20. The molecule has 21 heavy (non-hydrogen) atoms. The van der Waals surface area contributed by atoms with Gasteiger partial charge in [-0.1, -0.05) is 0 Å². The van der Waals surface area contributed by atoms with Gasteiger partial charge in [0.15, 0.2) is 0 Å². The second-order valence-corrected chi connectivity index (χ2v) is 6.64. The van der Waals surface area contributed by atoms with Gasteiger partial charge in [-0.15, -0.1) is 0 Å². The number of carboxylic acid groups (broad SMARTS) is 1. The Labute approximate surface area is 127 Å². The minimum atomic E-state index is -0.835. The van der Waals surface area contributed by atoms with Gasteiger partial charge in [-0.3, -0.25) is 10.1 Å². The Hall–Kier alpha value is -1.70. The minimum Gasteiger partial charge on any atom is -0.481 e. The summed E-state index contributed by atoms with van der Waals surface area (Å²) in [6.45, 7) is 6.28. The third-order valence-electron chi connectivity index (χ3n) is 4.02. The predicted molar refractivity (Wildman–Crippen MR) is 79.4 cm³/mol. The monoisotopic (exact) mass is 312 g/mol. The number of likely N-dealkylation sites (tertiary alicyclic amines) is 1. The molecule has 0 spiro atoms. The van der Waals surface area contributed by atoms with Crippen LogP contribution in [-0.4, -0.2) is 44.5 Å². The highest BCUT2D eigenvalue weighted by molar-refractivity contribution is 7.09. The first-order valence-electron chi connectivity index (χ1n) is 6.90. The van der Waals surface area contributed by atoms with Crippen molar-refractivity contribution in [3.05, 3.63) is 5.82 Å². The third kappa shape index (κ3) is 3.49. The summed E-state index contributed by atoms with van der Waals surface area (Å²) in [5, 5.41) is 12.5. The summed E-state index contributed by atoms with van der Waals surface area (Å²) in [6, 6.07) is -0.239. The van der Waals surface area contributed by atoms with Crippen molar-refractivity contribution in [1.29, 1.82) is 0 Å². The molecular weight excluding hydrogens is 292 g/mol. The lowest BCUT2D eigenvalue weighted by molar-refractivity contribution is -0.151. The second-order valence-electron chi connectivity index (χ2n) is 5.89. The van der Waals surface area contributed by atoms with Gasteiger partial charge >= 0.3 is 12.0 Å². The molecule has 0 radical (unpaired) electrons. The number of nitrogens with one attached hydrogen (secondary N) is 1. The van der Waals surface area contributed by atoms with Crippen LogP contribution in [0.1, 0.15) is 32.5 Å². The second kappa shape index (κ2) is 5.97. The average molecular weight is 312 g/mol. The first-order valence-corrected chi connectivity index (χ1v) is 7.67. The van der Waals surface area contributed by atoms with Crippen molar-refractivity contribution in [3.63, 3.8) is 0 Å². The van der Waals surface area contributed by atoms with Crippen molar-refractivity contribution < 1.29 is 14.7 Å². The van der Waals surface area contributed by atoms with Gasteiger partial charge in [0.1, 0.15) is 5.82 Å². The zero-order chi connectivity index (χ0) is 15.6. The fourth-order valence-electron chi connectivity index (χ4n) is 2.44. The molecule has 0 aromatic carbocycles. The van der Waals surface area contributed by atoms with Gasteiger partial charge in [0.25, 0.3) is 0 Å². The number of piperidine rings is 1. The summed E-state index contributed by atoms with van der Waals surface area (Å²) in [7, 11) is 0. The molecule has 2 N–H and O–H groups in total. The van der Waals surface area contributed by atoms with Crippen LogP contribution in [0, 0.1) is 18.3 Å². The molecular formula is C13H20N4O3S. The number of amides is 2. The summed E-state index contributed by atoms with van der Waals surface area (Å²) in [5.41, 5.74) is -0.835. The molecule has 7 nitrogen and oxygen atoms in total. The lowest BCUT2D eigenvalue weighted by Gasteiger charge is -2.38. The number of urea groups is 1. The third-order valence-corrected chi connectivity index (χ3v) is 4.74. The van der Waals surface area contributed by atoms with E-state index in [-0.39, 0.29) is 11.9 Å². The zero-order valence-electron chi connectivity index (χ0n) is 12.4. The smallest absolute Gasteiger partial charge is 0.323 e. The summed E-state index contributed by atoms with van der Waals surface area (Å²) in [6.07, 6.45) is 1.63. The summed E-state index contributed by atoms with van der Waals surface area (Å²) in [5.74, 6) is -0.251. The lowest BCUT2D eigenvalue weighted by atomic mass is 9.74. The van der Waals surface area contributed by atoms with Crippen LogP contribution in [-0.2, 0) is 4.79 Å². The van der Waals surface area contributed by atoms with Gasteiger partial charge in [-0.05, 0) is 39.5 Å². The number of aliphatic carboxylic acids is 1. The van der Waals surface area contributed by atoms with Crippen molar-refractivity contribution in [1.82, 2.24) is 14.3 Å². The molecule has 116 valence electrons. The highest BCUT2D eigenvalue weighted by Gasteiger charge is 2.40. The van der Waals surface area contributed by atoms with Crippen LogP contribution in [0.15, 0.2) is 0 Å². The average Bonchev–Trinajstić information content (AvgIpc) is 2.84. The quantitative estimate of drug-likeness (QED) is 0.892. The Morgan fingerprint density at radius 2 is 2.19 bits per heavy atom. The molecule has 1 fully saturated rings. The van der Waals surface area contributed by atoms with E-state index in [2.05, 4.69) is 14.7 Å². The van der Waals surface area contributed by atoms with Crippen LogP contribution >= 0.6 is 11.5 Å². The molecule has 0 aliphatic carbocycles. The van der Waals surface area contributed by atoms with Crippen molar-refractivity contribution in [2.24, 2.45) is 11.3 Å². The van der Waals surface area contributed by atoms with E-state index in [1.54, 1.807) is 25.7 Å². The summed E-state index contributed by atoms with van der Waals surface area (Å²) >= 11 is 1.14. The Morgan fingerprint density at radius 1 is 1.48 bits per heavy atom. The van der Waals surface area contributed by atoms with Gasteiger partial charge in [0.2, 0.25) is 5.13 Å². The maximum atomic E-state index is 12.2. The van der Waals surface area contributed by atoms with Crippen molar-refractivity contribution >= 4 is 28.7 Å². The number of anilines is 1. The molecule has 1 aliphatic heterocycles. The van der Waals surface area contributed by atoms with Gasteiger partial charge in [0, 0.05) is 24.6 Å². The Kier molecular flexibility index (Phi) is 4.46. The van der Waals surface area contributed by atoms with E-state index in [1.165, 1.54) is 0 Å². The number of carboxylic acids is 1. The Morgan fingerprint density at radius 3 is 2.76 bits per heavy atom. The van der Waals surface area contributed by atoms with Gasteiger partial charge in [0.05, 0.1) is 5.41 Å². The van der Waals surface area contributed by atoms with Crippen molar-refractivity contribution in [2.45, 2.75) is 33.6 Å². The number of aromatic nitrogens is 2. The summed E-state index contributed by atoms with van der Waals surface area (Å²) in [4.78, 5) is 29.3. The van der Waals surface area contributed by atoms with E-state index in [4.69, 9.17) is 0 Å². The van der Waals surface area contributed by atoms with E-state index in [0.29, 0.717) is 24.0 Å². The molecule has 2 heterocycles. The van der Waals surface area contributed by atoms with Crippen molar-refractivity contribution in [2.75, 3.05) is 18.4 Å². The first kappa shape index (κ1) is 15.7. The Balaban J connectivity index is 2.00.